The standard InChI is InChI=1S/C28H21F10N5O5/c1-42-22(20-16(29)9-14(47-2)10-17(20)30)21(41-24(45)12-3-5-13(6-4-12)48-26(31)32)25(46)43(42)23-15(27(33,34)35)7-8-19(40-23)39-11-18(44)28(36,37)38/h3-10,18,26,44H,11H2,1-2H3,(H,39,40)(H,41,45). The first-order valence-electron chi connectivity index (χ1n) is 13.1. The summed E-state index contributed by atoms with van der Waals surface area (Å²) in [4.78, 5) is 30.5. The summed E-state index contributed by atoms with van der Waals surface area (Å²) in [7, 11) is 1.95. The number of halogens is 10. The number of pyridine rings is 1. The van der Waals surface area contributed by atoms with Crippen LogP contribution in [0.5, 0.6) is 11.5 Å². The number of benzene rings is 2. The number of alkyl halides is 8. The maximum absolute atomic E-state index is 15.3. The Balaban J connectivity index is 1.94. The lowest BCUT2D eigenvalue weighted by molar-refractivity contribution is -0.198. The smallest absolute Gasteiger partial charge is 0.420 e. The number of aliphatic hydroxyl groups is 1. The number of amides is 1. The Morgan fingerprint density at radius 1 is 0.979 bits per heavy atom. The summed E-state index contributed by atoms with van der Waals surface area (Å²) in [5.74, 6) is -6.68. The van der Waals surface area contributed by atoms with Gasteiger partial charge in [0.2, 0.25) is 0 Å². The number of hydrogen-bond acceptors (Lipinski definition) is 7. The maximum atomic E-state index is 15.3. The molecule has 20 heteroatoms. The number of carbonyl (C=O) groups excluding carboxylic acids is 1. The van der Waals surface area contributed by atoms with Gasteiger partial charge in [-0.05, 0) is 36.4 Å². The van der Waals surface area contributed by atoms with E-state index in [-0.39, 0.29) is 21.7 Å². The van der Waals surface area contributed by atoms with Crippen LogP contribution >= 0.6 is 0 Å². The molecule has 4 aromatic rings. The zero-order valence-electron chi connectivity index (χ0n) is 24.2. The number of nitrogens with zero attached hydrogens (tertiary/aromatic N) is 3. The predicted octanol–water partition coefficient (Wildman–Crippen LogP) is 5.73. The lowest BCUT2D eigenvalue weighted by Gasteiger charge is -2.18. The fourth-order valence-electron chi connectivity index (χ4n) is 4.36. The largest absolute Gasteiger partial charge is 0.497 e. The summed E-state index contributed by atoms with van der Waals surface area (Å²) < 4.78 is 146. The van der Waals surface area contributed by atoms with Crippen LogP contribution in [-0.2, 0) is 13.2 Å². The molecule has 0 aliphatic heterocycles. The lowest BCUT2D eigenvalue weighted by Crippen LogP contribution is -2.35. The molecule has 0 aliphatic rings. The molecule has 0 radical (unpaired) electrons. The molecule has 0 aliphatic carbocycles. The fraction of sp³-hybridized carbons (Fsp3) is 0.250. The van der Waals surface area contributed by atoms with Crippen molar-refractivity contribution in [3.05, 3.63) is 81.6 Å². The molecule has 1 unspecified atom stereocenters. The minimum Gasteiger partial charge on any atom is -0.497 e. The van der Waals surface area contributed by atoms with E-state index in [1.165, 1.54) is 0 Å². The molecule has 3 N–H and O–H groups in total. The second-order valence-corrected chi connectivity index (χ2v) is 9.69. The molecule has 0 saturated carbocycles. The maximum Gasteiger partial charge on any atom is 0.420 e. The summed E-state index contributed by atoms with van der Waals surface area (Å²) in [6, 6.07) is 6.13. The number of hydrogen-bond donors (Lipinski definition) is 3. The van der Waals surface area contributed by atoms with Crippen LogP contribution in [-0.4, -0.2) is 57.9 Å². The van der Waals surface area contributed by atoms with Crippen molar-refractivity contribution in [2.75, 3.05) is 24.3 Å². The van der Waals surface area contributed by atoms with Crippen molar-refractivity contribution < 1.29 is 63.3 Å². The molecule has 2 aromatic carbocycles. The van der Waals surface area contributed by atoms with Gasteiger partial charge < -0.3 is 25.2 Å². The van der Waals surface area contributed by atoms with Gasteiger partial charge in [-0.2, -0.15) is 39.8 Å². The Morgan fingerprint density at radius 3 is 2.10 bits per heavy atom. The third kappa shape index (κ3) is 7.48. The molecule has 2 heterocycles. The van der Waals surface area contributed by atoms with Crippen LogP contribution in [0.15, 0.2) is 53.3 Å². The van der Waals surface area contributed by atoms with Gasteiger partial charge in [0.1, 0.15) is 45.9 Å². The highest BCUT2D eigenvalue weighted by Crippen LogP contribution is 2.37. The van der Waals surface area contributed by atoms with Gasteiger partial charge in [0, 0.05) is 24.7 Å². The molecule has 0 fully saturated rings. The SMILES string of the molecule is COc1cc(F)c(-c2c(NC(=O)c3ccc(OC(F)F)cc3)c(=O)n(-c3nc(NCC(O)C(F)(F)F)ccc3C(F)(F)F)n2C)c(F)c1. The van der Waals surface area contributed by atoms with Crippen LogP contribution in [0.25, 0.3) is 17.1 Å². The van der Waals surface area contributed by atoms with E-state index in [4.69, 9.17) is 4.74 Å². The molecule has 1 atom stereocenters. The molecule has 1 amide bonds. The zero-order valence-corrected chi connectivity index (χ0v) is 24.2. The fourth-order valence-corrected chi connectivity index (χ4v) is 4.36. The summed E-state index contributed by atoms with van der Waals surface area (Å²) >= 11 is 0. The molecular weight excluding hydrogens is 676 g/mol. The van der Waals surface area contributed by atoms with Crippen molar-refractivity contribution in [1.82, 2.24) is 14.3 Å². The predicted molar refractivity (Wildman–Crippen MR) is 147 cm³/mol. The van der Waals surface area contributed by atoms with Crippen LogP contribution in [0.2, 0.25) is 0 Å². The van der Waals surface area contributed by atoms with Gasteiger partial charge in [-0.15, -0.1) is 0 Å². The van der Waals surface area contributed by atoms with Crippen LogP contribution in [0.3, 0.4) is 0 Å². The van der Waals surface area contributed by atoms with E-state index in [1.54, 1.807) is 0 Å². The third-order valence-electron chi connectivity index (χ3n) is 6.57. The first kappa shape index (κ1) is 35.6. The van der Waals surface area contributed by atoms with Crippen LogP contribution in [0.4, 0.5) is 55.4 Å². The van der Waals surface area contributed by atoms with E-state index >= 15 is 8.78 Å². The quantitative estimate of drug-likeness (QED) is 0.181. The second kappa shape index (κ2) is 13.5. The second-order valence-electron chi connectivity index (χ2n) is 9.69. The van der Waals surface area contributed by atoms with Crippen LogP contribution in [0, 0.1) is 11.6 Å². The number of aliphatic hydroxyl groups excluding tert-OH is 1. The van der Waals surface area contributed by atoms with Gasteiger partial charge >= 0.3 is 19.0 Å². The molecule has 4 rings (SSSR count). The molecule has 2 aromatic heterocycles. The van der Waals surface area contributed by atoms with E-state index in [0.717, 1.165) is 38.4 Å². The topological polar surface area (TPSA) is 120 Å². The number of methoxy groups -OCH3 is 1. The minimum atomic E-state index is -5.27. The van der Waals surface area contributed by atoms with Crippen molar-refractivity contribution in [2.45, 2.75) is 25.1 Å². The number of aromatic nitrogens is 3. The Labute approximate surface area is 262 Å². The third-order valence-corrected chi connectivity index (χ3v) is 6.57. The van der Waals surface area contributed by atoms with Gasteiger partial charge in [0.15, 0.2) is 11.9 Å². The van der Waals surface area contributed by atoms with Gasteiger partial charge in [0.05, 0.1) is 19.2 Å². The Bertz CT molecular complexity index is 1850. The average molecular weight is 697 g/mol. The molecular formula is C28H21F10N5O5. The molecule has 0 spiro atoms. The Kier molecular flexibility index (Phi) is 9.97. The van der Waals surface area contributed by atoms with Crippen molar-refractivity contribution in [3.8, 4) is 28.6 Å². The van der Waals surface area contributed by atoms with Gasteiger partial charge in [-0.3, -0.25) is 14.3 Å². The highest BCUT2D eigenvalue weighted by Gasteiger charge is 2.39. The zero-order chi connectivity index (χ0) is 35.7. The van der Waals surface area contributed by atoms with Crippen molar-refractivity contribution >= 4 is 17.4 Å². The summed E-state index contributed by atoms with van der Waals surface area (Å²) in [5, 5.41) is 13.3. The molecule has 0 bridgehead atoms. The Morgan fingerprint density at radius 2 is 1.58 bits per heavy atom. The average Bonchev–Trinajstić information content (AvgIpc) is 3.22. The van der Waals surface area contributed by atoms with E-state index in [1.807, 2.05) is 5.32 Å². The first-order chi connectivity index (χ1) is 22.3. The first-order valence-corrected chi connectivity index (χ1v) is 13.1. The van der Waals surface area contributed by atoms with E-state index < -0.39 is 88.9 Å². The minimum absolute atomic E-state index is 0.155. The van der Waals surface area contributed by atoms with Gasteiger partial charge in [-0.25, -0.2) is 13.8 Å². The van der Waals surface area contributed by atoms with Crippen molar-refractivity contribution in [1.29, 1.82) is 0 Å². The Hall–Kier alpha value is -5.27. The van der Waals surface area contributed by atoms with E-state index in [2.05, 4.69) is 15.0 Å². The van der Waals surface area contributed by atoms with E-state index in [9.17, 15) is 49.8 Å². The highest BCUT2D eigenvalue weighted by molar-refractivity contribution is 6.06. The molecule has 0 saturated heterocycles. The van der Waals surface area contributed by atoms with E-state index in [0.29, 0.717) is 28.9 Å². The number of nitrogens with one attached hydrogen (secondary N) is 2. The summed E-state index contributed by atoms with van der Waals surface area (Å²) in [6.45, 7) is -4.47. The number of anilines is 2. The molecule has 258 valence electrons. The normalized spacial score (nSPS) is 12.6. The summed E-state index contributed by atoms with van der Waals surface area (Å²) in [6.07, 6.45) is -13.3. The monoisotopic (exact) mass is 697 g/mol. The van der Waals surface area contributed by atoms with Crippen LogP contribution < -0.4 is 25.7 Å². The van der Waals surface area contributed by atoms with Crippen molar-refractivity contribution in [2.24, 2.45) is 7.05 Å². The van der Waals surface area contributed by atoms with Crippen LogP contribution in [0.1, 0.15) is 15.9 Å². The lowest BCUT2D eigenvalue weighted by atomic mass is 10.1. The molecule has 10 nitrogen and oxygen atoms in total. The van der Waals surface area contributed by atoms with Gasteiger partial charge in [0.25, 0.3) is 11.5 Å². The molecule has 48 heavy (non-hydrogen) atoms. The number of ether oxygens (including phenoxy) is 2. The number of rotatable bonds is 10. The number of carbonyl (C=O) groups is 1. The van der Waals surface area contributed by atoms with Gasteiger partial charge in [-0.1, -0.05) is 0 Å². The van der Waals surface area contributed by atoms with Crippen molar-refractivity contribution in [3.63, 3.8) is 0 Å². The summed E-state index contributed by atoms with van der Waals surface area (Å²) in [5.41, 5.74) is -6.35. The highest BCUT2D eigenvalue weighted by atomic mass is 19.4.